The monoisotopic (exact) mass is 379 g/mol. The zero-order chi connectivity index (χ0) is 19.3. The number of benzene rings is 1. The van der Waals surface area contributed by atoms with Gasteiger partial charge < -0.3 is 19.0 Å². The number of nitrogens with one attached hydrogen (secondary N) is 1. The summed E-state index contributed by atoms with van der Waals surface area (Å²) in [7, 11) is 0. The van der Waals surface area contributed by atoms with E-state index in [1.165, 1.54) is 0 Å². The van der Waals surface area contributed by atoms with E-state index in [0.717, 1.165) is 70.4 Å². The summed E-state index contributed by atoms with van der Waals surface area (Å²) in [5.74, 6) is 2.41. The summed E-state index contributed by atoms with van der Waals surface area (Å²) in [6, 6.07) is 5.83. The van der Waals surface area contributed by atoms with Crippen molar-refractivity contribution in [3.05, 3.63) is 62.8 Å². The van der Waals surface area contributed by atoms with E-state index in [9.17, 15) is 4.79 Å². The molecule has 2 aliphatic rings. The molecule has 0 radical (unpaired) electrons. The lowest BCUT2D eigenvalue weighted by atomic mass is 10.0. The second-order valence-electron chi connectivity index (χ2n) is 7.37. The molecule has 0 atom stereocenters. The van der Waals surface area contributed by atoms with Gasteiger partial charge in [0.1, 0.15) is 11.5 Å². The number of aryl methyl sites for hydroxylation is 1. The van der Waals surface area contributed by atoms with Crippen LogP contribution in [0.2, 0.25) is 0 Å². The van der Waals surface area contributed by atoms with E-state index in [4.69, 9.17) is 14.0 Å². The molecule has 1 aromatic carbocycles. The summed E-state index contributed by atoms with van der Waals surface area (Å²) in [6.45, 7) is 6.23. The number of hydrogen-bond acceptors (Lipinski definition) is 6. The minimum absolute atomic E-state index is 0.109. The molecule has 28 heavy (non-hydrogen) atoms. The fraction of sp³-hybridized carbons (Fsp3) is 0.333. The predicted molar refractivity (Wildman–Crippen MR) is 102 cm³/mol. The molecule has 144 valence electrons. The molecule has 4 heterocycles. The number of ether oxygens (including phenoxy) is 2. The molecule has 0 aliphatic carbocycles. The van der Waals surface area contributed by atoms with Gasteiger partial charge in [-0.05, 0) is 32.0 Å². The van der Waals surface area contributed by atoms with E-state index in [1.54, 1.807) is 6.20 Å². The molecular weight excluding hydrogens is 358 g/mol. The summed E-state index contributed by atoms with van der Waals surface area (Å²) in [5, 5.41) is 4.32. The number of rotatable bonds is 3. The van der Waals surface area contributed by atoms with Crippen molar-refractivity contribution in [2.45, 2.75) is 33.4 Å². The maximum Gasteiger partial charge on any atom is 0.231 e. The van der Waals surface area contributed by atoms with Crippen molar-refractivity contribution in [2.24, 2.45) is 0 Å². The summed E-state index contributed by atoms with van der Waals surface area (Å²) in [4.78, 5) is 17.8. The highest BCUT2D eigenvalue weighted by atomic mass is 16.7. The first kappa shape index (κ1) is 17.1. The third-order valence-electron chi connectivity index (χ3n) is 5.55. The standard InChI is InChI=1S/C21H21N3O4/c1-12-8-22-16(13(2)21(12)25)10-24-6-5-17-15(9-24)20(23-28-17)14-3-4-18-19(7-14)27-11-26-18/h3-4,7-8H,5-6,9-11H2,1-2H3,(H,22,25). The lowest BCUT2D eigenvalue weighted by Gasteiger charge is -2.26. The van der Waals surface area contributed by atoms with Crippen molar-refractivity contribution in [2.75, 3.05) is 13.3 Å². The Morgan fingerprint density at radius 2 is 2.07 bits per heavy atom. The van der Waals surface area contributed by atoms with Gasteiger partial charge in [-0.15, -0.1) is 0 Å². The molecule has 5 rings (SSSR count). The Balaban J connectivity index is 1.42. The molecule has 0 amide bonds. The Labute approximate surface area is 161 Å². The minimum Gasteiger partial charge on any atom is -0.454 e. The van der Waals surface area contributed by atoms with Crippen molar-refractivity contribution in [1.82, 2.24) is 15.0 Å². The Hall–Kier alpha value is -3.06. The highest BCUT2D eigenvalue weighted by Gasteiger charge is 2.26. The van der Waals surface area contributed by atoms with Gasteiger partial charge in [-0.25, -0.2) is 0 Å². The van der Waals surface area contributed by atoms with Gasteiger partial charge in [-0.3, -0.25) is 9.69 Å². The summed E-state index contributed by atoms with van der Waals surface area (Å²) >= 11 is 0. The van der Waals surface area contributed by atoms with Crippen molar-refractivity contribution in [1.29, 1.82) is 0 Å². The highest BCUT2D eigenvalue weighted by molar-refractivity contribution is 5.67. The molecule has 7 heteroatoms. The van der Waals surface area contributed by atoms with Crippen LogP contribution in [0, 0.1) is 13.8 Å². The van der Waals surface area contributed by atoms with Crippen LogP contribution in [-0.4, -0.2) is 28.4 Å². The van der Waals surface area contributed by atoms with Gasteiger partial charge in [0.05, 0.1) is 0 Å². The quantitative estimate of drug-likeness (QED) is 0.754. The Morgan fingerprint density at radius 1 is 1.21 bits per heavy atom. The molecule has 3 aromatic rings. The van der Waals surface area contributed by atoms with Crippen molar-refractivity contribution in [3.63, 3.8) is 0 Å². The van der Waals surface area contributed by atoms with Crippen LogP contribution in [0.3, 0.4) is 0 Å². The number of pyridine rings is 1. The first-order valence-corrected chi connectivity index (χ1v) is 9.37. The van der Waals surface area contributed by atoms with E-state index in [-0.39, 0.29) is 12.2 Å². The molecule has 2 aliphatic heterocycles. The normalized spacial score (nSPS) is 15.6. The minimum atomic E-state index is 0.109. The highest BCUT2D eigenvalue weighted by Crippen LogP contribution is 2.38. The van der Waals surface area contributed by atoms with Gasteiger partial charge in [-0.1, -0.05) is 5.16 Å². The van der Waals surface area contributed by atoms with Gasteiger partial charge in [0.25, 0.3) is 0 Å². The van der Waals surface area contributed by atoms with E-state index >= 15 is 0 Å². The third kappa shape index (κ3) is 2.79. The molecule has 0 saturated carbocycles. The zero-order valence-corrected chi connectivity index (χ0v) is 15.9. The van der Waals surface area contributed by atoms with E-state index in [0.29, 0.717) is 6.54 Å². The first-order valence-electron chi connectivity index (χ1n) is 9.37. The maximum atomic E-state index is 12.2. The Bertz CT molecular complexity index is 1120. The average Bonchev–Trinajstić information content (AvgIpc) is 3.34. The third-order valence-corrected chi connectivity index (χ3v) is 5.55. The predicted octanol–water partition coefficient (Wildman–Crippen LogP) is 2.93. The molecule has 0 spiro atoms. The van der Waals surface area contributed by atoms with Crippen LogP contribution in [0.4, 0.5) is 0 Å². The van der Waals surface area contributed by atoms with Crippen LogP contribution in [0.5, 0.6) is 11.5 Å². The summed E-state index contributed by atoms with van der Waals surface area (Å²) < 4.78 is 16.5. The van der Waals surface area contributed by atoms with Crippen molar-refractivity contribution in [3.8, 4) is 22.8 Å². The van der Waals surface area contributed by atoms with E-state index < -0.39 is 0 Å². The van der Waals surface area contributed by atoms with E-state index in [2.05, 4.69) is 15.0 Å². The van der Waals surface area contributed by atoms with Crippen LogP contribution in [-0.2, 0) is 19.5 Å². The Morgan fingerprint density at radius 3 is 2.96 bits per heavy atom. The SMILES string of the molecule is Cc1c[nH]c(CN2CCc3onc(-c4ccc5c(c4)OCO5)c3C2)c(C)c1=O. The fourth-order valence-corrected chi connectivity index (χ4v) is 3.86. The molecule has 7 nitrogen and oxygen atoms in total. The topological polar surface area (TPSA) is 80.6 Å². The number of fused-ring (bicyclic) bond motifs is 2. The molecule has 2 aromatic heterocycles. The first-order chi connectivity index (χ1) is 13.6. The number of aromatic nitrogens is 2. The Kier molecular flexibility index (Phi) is 3.98. The number of aromatic amines is 1. The van der Waals surface area contributed by atoms with Crippen LogP contribution < -0.4 is 14.9 Å². The van der Waals surface area contributed by atoms with E-state index in [1.807, 2.05) is 32.0 Å². The summed E-state index contributed by atoms with van der Waals surface area (Å²) in [6.07, 6.45) is 2.58. The maximum absolute atomic E-state index is 12.2. The average molecular weight is 379 g/mol. The number of nitrogens with zero attached hydrogens (tertiary/aromatic N) is 2. The molecular formula is C21H21N3O4. The summed E-state index contributed by atoms with van der Waals surface area (Å²) in [5.41, 5.74) is 5.48. The van der Waals surface area contributed by atoms with Crippen molar-refractivity contribution < 1.29 is 14.0 Å². The molecule has 0 fully saturated rings. The lowest BCUT2D eigenvalue weighted by molar-refractivity contribution is 0.174. The smallest absolute Gasteiger partial charge is 0.231 e. The molecule has 0 bridgehead atoms. The molecule has 0 unspecified atom stereocenters. The van der Waals surface area contributed by atoms with Crippen LogP contribution in [0.15, 0.2) is 33.7 Å². The second kappa shape index (κ2) is 6.53. The number of hydrogen-bond donors (Lipinski definition) is 1. The van der Waals surface area contributed by atoms with Crippen LogP contribution >= 0.6 is 0 Å². The van der Waals surface area contributed by atoms with Gasteiger partial charge in [0.15, 0.2) is 16.9 Å². The lowest BCUT2D eigenvalue weighted by Crippen LogP contribution is -2.31. The van der Waals surface area contributed by atoms with Crippen molar-refractivity contribution >= 4 is 0 Å². The van der Waals surface area contributed by atoms with Crippen LogP contribution in [0.25, 0.3) is 11.3 Å². The van der Waals surface area contributed by atoms with Crippen LogP contribution in [0.1, 0.15) is 28.1 Å². The zero-order valence-electron chi connectivity index (χ0n) is 15.9. The fourth-order valence-electron chi connectivity index (χ4n) is 3.86. The largest absolute Gasteiger partial charge is 0.454 e. The number of H-pyrrole nitrogens is 1. The van der Waals surface area contributed by atoms with Gasteiger partial charge in [0.2, 0.25) is 6.79 Å². The van der Waals surface area contributed by atoms with Gasteiger partial charge in [-0.2, -0.15) is 0 Å². The molecule has 0 saturated heterocycles. The van der Waals surface area contributed by atoms with Gasteiger partial charge >= 0.3 is 0 Å². The van der Waals surface area contributed by atoms with Gasteiger partial charge in [0, 0.05) is 60.2 Å². The molecule has 1 N–H and O–H groups in total. The second-order valence-corrected chi connectivity index (χ2v) is 7.37.